The van der Waals surface area contributed by atoms with Crippen molar-refractivity contribution in [2.75, 3.05) is 19.4 Å². The SMILES string of the molecule is COc1ccc(S(=O)(=O)N2CCCC2C(=O)NC2CCSc3ccccc32)cc1. The summed E-state index contributed by atoms with van der Waals surface area (Å²) in [5.74, 6) is 1.31. The molecule has 6 nitrogen and oxygen atoms in total. The number of nitrogens with one attached hydrogen (secondary N) is 1. The molecule has 2 aromatic carbocycles. The van der Waals surface area contributed by atoms with Gasteiger partial charge in [-0.15, -0.1) is 11.8 Å². The van der Waals surface area contributed by atoms with Crippen molar-refractivity contribution in [1.29, 1.82) is 0 Å². The van der Waals surface area contributed by atoms with E-state index in [1.54, 1.807) is 23.9 Å². The second kappa shape index (κ2) is 8.38. The van der Waals surface area contributed by atoms with E-state index >= 15 is 0 Å². The van der Waals surface area contributed by atoms with Gasteiger partial charge in [0, 0.05) is 17.2 Å². The molecule has 2 aromatic rings. The fourth-order valence-electron chi connectivity index (χ4n) is 3.93. The highest BCUT2D eigenvalue weighted by molar-refractivity contribution is 7.99. The summed E-state index contributed by atoms with van der Waals surface area (Å²) < 4.78 is 32.7. The molecular formula is C21H24N2O4S2. The maximum absolute atomic E-state index is 13.1. The van der Waals surface area contributed by atoms with Crippen LogP contribution in [0, 0.1) is 0 Å². The van der Waals surface area contributed by atoms with Crippen LogP contribution in [-0.2, 0) is 14.8 Å². The lowest BCUT2D eigenvalue weighted by molar-refractivity contribution is -0.125. The molecular weight excluding hydrogens is 408 g/mol. The van der Waals surface area contributed by atoms with Crippen LogP contribution in [0.15, 0.2) is 58.3 Å². The van der Waals surface area contributed by atoms with Gasteiger partial charge in [-0.3, -0.25) is 4.79 Å². The summed E-state index contributed by atoms with van der Waals surface area (Å²) in [5, 5.41) is 3.11. The number of rotatable bonds is 5. The number of sulfonamides is 1. The molecule has 29 heavy (non-hydrogen) atoms. The van der Waals surface area contributed by atoms with Crippen molar-refractivity contribution in [3.05, 3.63) is 54.1 Å². The first-order valence-corrected chi connectivity index (χ1v) is 12.1. The fraction of sp³-hybridized carbons (Fsp3) is 0.381. The van der Waals surface area contributed by atoms with Crippen LogP contribution in [0.5, 0.6) is 5.75 Å². The minimum Gasteiger partial charge on any atom is -0.497 e. The molecule has 2 heterocycles. The molecule has 2 unspecified atom stereocenters. The second-order valence-corrected chi connectivity index (χ2v) is 10.2. The molecule has 0 saturated carbocycles. The minimum absolute atomic E-state index is 0.0777. The molecule has 2 aliphatic heterocycles. The molecule has 2 atom stereocenters. The summed E-state index contributed by atoms with van der Waals surface area (Å²) in [6.07, 6.45) is 2.04. The fourth-order valence-corrected chi connectivity index (χ4v) is 6.71. The topological polar surface area (TPSA) is 75.7 Å². The highest BCUT2D eigenvalue weighted by Gasteiger charge is 2.40. The Morgan fingerprint density at radius 3 is 2.66 bits per heavy atom. The van der Waals surface area contributed by atoms with E-state index in [9.17, 15) is 13.2 Å². The number of methoxy groups -OCH3 is 1. The van der Waals surface area contributed by atoms with Crippen LogP contribution in [0.25, 0.3) is 0 Å². The predicted octanol–water partition coefficient (Wildman–Crippen LogP) is 3.20. The first-order chi connectivity index (χ1) is 14.0. The number of fused-ring (bicyclic) bond motifs is 1. The number of ether oxygens (including phenoxy) is 1. The van der Waals surface area contributed by atoms with Gasteiger partial charge in [-0.05, 0) is 55.2 Å². The Balaban J connectivity index is 1.53. The minimum atomic E-state index is -3.75. The summed E-state index contributed by atoms with van der Waals surface area (Å²) in [7, 11) is -2.21. The first-order valence-electron chi connectivity index (χ1n) is 9.68. The average Bonchev–Trinajstić information content (AvgIpc) is 3.25. The third-order valence-electron chi connectivity index (χ3n) is 5.45. The van der Waals surface area contributed by atoms with Crippen LogP contribution >= 0.6 is 11.8 Å². The Bertz CT molecular complexity index is 992. The van der Waals surface area contributed by atoms with Crippen LogP contribution in [-0.4, -0.2) is 44.1 Å². The van der Waals surface area contributed by atoms with E-state index < -0.39 is 16.1 Å². The number of thioether (sulfide) groups is 1. The smallest absolute Gasteiger partial charge is 0.243 e. The van der Waals surface area contributed by atoms with Crippen molar-refractivity contribution >= 4 is 27.7 Å². The van der Waals surface area contributed by atoms with E-state index in [4.69, 9.17) is 4.74 Å². The van der Waals surface area contributed by atoms with E-state index in [2.05, 4.69) is 11.4 Å². The molecule has 8 heteroatoms. The van der Waals surface area contributed by atoms with Gasteiger partial charge in [0.15, 0.2) is 0 Å². The number of carbonyl (C=O) groups excluding carboxylic acids is 1. The van der Waals surface area contributed by atoms with Crippen LogP contribution in [0.2, 0.25) is 0 Å². The van der Waals surface area contributed by atoms with E-state index in [1.807, 2.05) is 18.2 Å². The average molecular weight is 433 g/mol. The van der Waals surface area contributed by atoms with Gasteiger partial charge >= 0.3 is 0 Å². The van der Waals surface area contributed by atoms with Crippen molar-refractivity contribution < 1.29 is 17.9 Å². The van der Waals surface area contributed by atoms with E-state index in [1.165, 1.54) is 28.4 Å². The lowest BCUT2D eigenvalue weighted by atomic mass is 10.0. The Hall–Kier alpha value is -2.03. The van der Waals surface area contributed by atoms with Gasteiger partial charge < -0.3 is 10.1 Å². The molecule has 4 rings (SSSR count). The molecule has 0 radical (unpaired) electrons. The summed E-state index contributed by atoms with van der Waals surface area (Å²) >= 11 is 1.79. The largest absolute Gasteiger partial charge is 0.497 e. The number of carbonyl (C=O) groups is 1. The third-order valence-corrected chi connectivity index (χ3v) is 8.49. The zero-order valence-corrected chi connectivity index (χ0v) is 17.8. The van der Waals surface area contributed by atoms with Gasteiger partial charge in [-0.25, -0.2) is 8.42 Å². The summed E-state index contributed by atoms with van der Waals surface area (Å²) in [4.78, 5) is 14.4. The molecule has 2 aliphatic rings. The van der Waals surface area contributed by atoms with Gasteiger partial charge in [-0.1, -0.05) is 18.2 Å². The second-order valence-electron chi connectivity index (χ2n) is 7.19. The van der Waals surface area contributed by atoms with Crippen molar-refractivity contribution in [1.82, 2.24) is 9.62 Å². The van der Waals surface area contributed by atoms with Gasteiger partial charge in [0.25, 0.3) is 0 Å². The molecule has 1 saturated heterocycles. The normalized spacial score (nSPS) is 22.1. The Morgan fingerprint density at radius 2 is 1.90 bits per heavy atom. The molecule has 1 amide bonds. The summed E-state index contributed by atoms with van der Waals surface area (Å²) in [6.45, 7) is 0.351. The predicted molar refractivity (Wildman–Crippen MR) is 113 cm³/mol. The van der Waals surface area contributed by atoms with E-state index in [0.29, 0.717) is 25.1 Å². The van der Waals surface area contributed by atoms with Gasteiger partial charge in [0.05, 0.1) is 18.0 Å². The maximum Gasteiger partial charge on any atom is 0.243 e. The van der Waals surface area contributed by atoms with Crippen LogP contribution < -0.4 is 10.1 Å². The molecule has 154 valence electrons. The zero-order chi connectivity index (χ0) is 20.4. The number of benzene rings is 2. The van der Waals surface area contributed by atoms with Crippen molar-refractivity contribution in [3.63, 3.8) is 0 Å². The summed E-state index contributed by atoms with van der Waals surface area (Å²) in [5.41, 5.74) is 1.11. The highest BCUT2D eigenvalue weighted by Crippen LogP contribution is 2.36. The number of hydrogen-bond acceptors (Lipinski definition) is 5. The molecule has 0 bridgehead atoms. The van der Waals surface area contributed by atoms with Gasteiger partial charge in [0.2, 0.25) is 15.9 Å². The van der Waals surface area contributed by atoms with Gasteiger partial charge in [0.1, 0.15) is 11.8 Å². The maximum atomic E-state index is 13.1. The van der Waals surface area contributed by atoms with Crippen molar-refractivity contribution in [3.8, 4) is 5.75 Å². The Kier molecular flexibility index (Phi) is 5.85. The van der Waals surface area contributed by atoms with E-state index in [-0.39, 0.29) is 16.8 Å². The zero-order valence-electron chi connectivity index (χ0n) is 16.2. The molecule has 1 fully saturated rings. The molecule has 1 N–H and O–H groups in total. The van der Waals surface area contributed by atoms with Crippen LogP contribution in [0.3, 0.4) is 0 Å². The van der Waals surface area contributed by atoms with Crippen molar-refractivity contribution in [2.24, 2.45) is 0 Å². The lowest BCUT2D eigenvalue weighted by Crippen LogP contribution is -2.47. The Morgan fingerprint density at radius 1 is 1.14 bits per heavy atom. The standard InChI is InChI=1S/C21H24N2O4S2/c1-27-15-8-10-16(11-9-15)29(25,26)23-13-4-6-19(23)21(24)22-18-12-14-28-20-7-3-2-5-17(18)20/h2-3,5,7-11,18-19H,4,6,12-14H2,1H3,(H,22,24). The van der Waals surface area contributed by atoms with E-state index in [0.717, 1.165) is 17.7 Å². The van der Waals surface area contributed by atoms with Gasteiger partial charge in [-0.2, -0.15) is 4.31 Å². The number of hydrogen-bond donors (Lipinski definition) is 1. The monoisotopic (exact) mass is 432 g/mol. The summed E-state index contributed by atoms with van der Waals surface area (Å²) in [6, 6.07) is 13.6. The van der Waals surface area contributed by atoms with Crippen LogP contribution in [0.4, 0.5) is 0 Å². The van der Waals surface area contributed by atoms with Crippen molar-refractivity contribution in [2.45, 2.75) is 41.1 Å². The van der Waals surface area contributed by atoms with Crippen LogP contribution in [0.1, 0.15) is 30.9 Å². The molecule has 0 aliphatic carbocycles. The quantitative estimate of drug-likeness (QED) is 0.785. The molecule has 0 spiro atoms. The molecule has 0 aromatic heterocycles. The number of nitrogens with zero attached hydrogens (tertiary/aromatic N) is 1. The Labute approximate surface area is 175 Å². The third kappa shape index (κ3) is 4.01. The lowest BCUT2D eigenvalue weighted by Gasteiger charge is -2.29. The highest BCUT2D eigenvalue weighted by atomic mass is 32.2. The number of amides is 1. The first kappa shape index (κ1) is 20.3.